The molecule has 0 unspecified atom stereocenters. The van der Waals surface area contributed by atoms with Crippen LogP contribution in [0.5, 0.6) is 0 Å². The maximum absolute atomic E-state index is 11.9. The molecule has 1 aliphatic rings. The first-order chi connectivity index (χ1) is 12.0. The third-order valence-corrected chi connectivity index (χ3v) is 9.88. The van der Waals surface area contributed by atoms with Gasteiger partial charge < -0.3 is 20.0 Å². The number of nitrogens with zero attached hydrogens (tertiary/aromatic N) is 3. The lowest BCUT2D eigenvalue weighted by Crippen LogP contribution is -2.43. The summed E-state index contributed by atoms with van der Waals surface area (Å²) in [6.07, 6.45) is 0.274. The number of hydrogen-bond acceptors (Lipinski definition) is 7. The Labute approximate surface area is 152 Å². The maximum Gasteiger partial charge on any atom is 0.280 e. The Hall–Kier alpha value is -1.75. The SMILES string of the molecule is CC(C)(C)[Si](C)(C)OC[C@H]1O[C@@H](n2cnc3c(=O)[nH]c(N)nc32)C[C@@H]1O. The van der Waals surface area contributed by atoms with Crippen molar-refractivity contribution in [2.45, 2.75) is 63.8 Å². The van der Waals surface area contributed by atoms with Crippen molar-refractivity contribution in [2.24, 2.45) is 0 Å². The number of fused-ring (bicyclic) bond motifs is 1. The summed E-state index contributed by atoms with van der Waals surface area (Å²) in [5, 5.41) is 10.5. The van der Waals surface area contributed by atoms with Crippen LogP contribution in [0.25, 0.3) is 11.2 Å². The molecular weight excluding hydrogens is 354 g/mol. The van der Waals surface area contributed by atoms with E-state index >= 15 is 0 Å². The van der Waals surface area contributed by atoms with E-state index < -0.39 is 32.3 Å². The number of aliphatic hydroxyl groups excluding tert-OH is 1. The number of anilines is 1. The number of nitrogens with one attached hydrogen (secondary N) is 1. The molecule has 1 saturated heterocycles. The molecule has 3 atom stereocenters. The fourth-order valence-corrected chi connectivity index (χ4v) is 3.71. The number of ether oxygens (including phenoxy) is 1. The van der Waals surface area contributed by atoms with Gasteiger partial charge in [-0.3, -0.25) is 14.3 Å². The Morgan fingerprint density at radius 1 is 1.50 bits per heavy atom. The Morgan fingerprint density at radius 3 is 2.85 bits per heavy atom. The van der Waals surface area contributed by atoms with Gasteiger partial charge in [0.25, 0.3) is 5.56 Å². The molecule has 3 heterocycles. The Morgan fingerprint density at radius 2 is 2.19 bits per heavy atom. The Bertz CT molecular complexity index is 856. The van der Waals surface area contributed by atoms with Gasteiger partial charge in [0.15, 0.2) is 19.5 Å². The van der Waals surface area contributed by atoms with Crippen LogP contribution in [0.3, 0.4) is 0 Å². The maximum atomic E-state index is 11.9. The van der Waals surface area contributed by atoms with Gasteiger partial charge in [0.1, 0.15) is 12.3 Å². The van der Waals surface area contributed by atoms with Crippen molar-refractivity contribution < 1.29 is 14.3 Å². The number of aromatic nitrogens is 4. The van der Waals surface area contributed by atoms with Gasteiger partial charge in [-0.15, -0.1) is 0 Å². The number of nitrogen functional groups attached to an aromatic ring is 1. The normalized spacial score (nSPS) is 24.5. The van der Waals surface area contributed by atoms with Crippen molar-refractivity contribution in [3.8, 4) is 0 Å². The molecule has 0 spiro atoms. The highest BCUT2D eigenvalue weighted by Crippen LogP contribution is 2.38. The molecule has 10 heteroatoms. The fraction of sp³-hybridized carbons (Fsp3) is 0.688. The van der Waals surface area contributed by atoms with E-state index in [2.05, 4.69) is 48.8 Å². The van der Waals surface area contributed by atoms with Crippen LogP contribution in [0.4, 0.5) is 5.95 Å². The predicted octanol–water partition coefficient (Wildman–Crippen LogP) is 1.37. The third-order valence-electron chi connectivity index (χ3n) is 5.38. The number of rotatable bonds is 4. The largest absolute Gasteiger partial charge is 0.414 e. The topological polar surface area (TPSA) is 128 Å². The minimum absolute atomic E-state index is 0.0144. The molecule has 0 aromatic carbocycles. The number of hydrogen-bond donors (Lipinski definition) is 3. The van der Waals surface area contributed by atoms with Gasteiger partial charge in [-0.1, -0.05) is 20.8 Å². The van der Waals surface area contributed by atoms with E-state index in [9.17, 15) is 9.90 Å². The lowest BCUT2D eigenvalue weighted by Gasteiger charge is -2.37. The first-order valence-electron chi connectivity index (χ1n) is 8.69. The van der Waals surface area contributed by atoms with Crippen molar-refractivity contribution >= 4 is 25.4 Å². The van der Waals surface area contributed by atoms with Gasteiger partial charge >= 0.3 is 0 Å². The molecule has 3 rings (SSSR count). The van der Waals surface area contributed by atoms with E-state index in [0.29, 0.717) is 18.7 Å². The van der Waals surface area contributed by atoms with Crippen molar-refractivity contribution in [1.82, 2.24) is 19.5 Å². The van der Waals surface area contributed by atoms with Crippen molar-refractivity contribution in [3.63, 3.8) is 0 Å². The quantitative estimate of drug-likeness (QED) is 0.682. The summed E-state index contributed by atoms with van der Waals surface area (Å²) in [5.41, 5.74) is 5.76. The van der Waals surface area contributed by atoms with Gasteiger partial charge in [-0.2, -0.15) is 4.98 Å². The minimum Gasteiger partial charge on any atom is -0.414 e. The summed E-state index contributed by atoms with van der Waals surface area (Å²) in [6.45, 7) is 11.1. The standard InChI is InChI=1S/C16H27N5O4Si/c1-16(2,3)26(4,5)24-7-10-9(22)6-11(25-10)21-8-18-12-13(21)19-15(17)20-14(12)23/h8-11,22H,6-7H2,1-5H3,(H3,17,19,20,23)/t9-,10+,11+/m0/s1. The summed E-state index contributed by atoms with van der Waals surface area (Å²) in [7, 11) is -1.93. The molecule has 9 nitrogen and oxygen atoms in total. The second kappa shape index (κ2) is 6.45. The van der Waals surface area contributed by atoms with Crippen molar-refractivity contribution in [1.29, 1.82) is 0 Å². The predicted molar refractivity (Wildman–Crippen MR) is 100 cm³/mol. The average Bonchev–Trinajstić information content (AvgIpc) is 3.07. The first-order valence-corrected chi connectivity index (χ1v) is 11.6. The highest BCUT2D eigenvalue weighted by molar-refractivity contribution is 6.74. The molecule has 0 saturated carbocycles. The lowest BCUT2D eigenvalue weighted by atomic mass is 10.2. The number of nitrogens with two attached hydrogens (primary N) is 1. The van der Waals surface area contributed by atoms with Crippen LogP contribution in [0.1, 0.15) is 33.4 Å². The fourth-order valence-electron chi connectivity index (χ4n) is 2.70. The van der Waals surface area contributed by atoms with E-state index in [4.69, 9.17) is 14.9 Å². The van der Waals surface area contributed by atoms with Gasteiger partial charge in [0, 0.05) is 6.42 Å². The van der Waals surface area contributed by atoms with Crippen molar-refractivity contribution in [3.05, 3.63) is 16.7 Å². The van der Waals surface area contributed by atoms with Crippen LogP contribution >= 0.6 is 0 Å². The highest BCUT2D eigenvalue weighted by atomic mass is 28.4. The zero-order valence-corrected chi connectivity index (χ0v) is 16.8. The smallest absolute Gasteiger partial charge is 0.280 e. The Balaban J connectivity index is 1.76. The number of aliphatic hydroxyl groups is 1. The zero-order valence-electron chi connectivity index (χ0n) is 15.8. The van der Waals surface area contributed by atoms with E-state index in [1.165, 1.54) is 6.33 Å². The second-order valence-electron chi connectivity index (χ2n) is 8.28. The molecule has 0 amide bonds. The summed E-state index contributed by atoms with van der Waals surface area (Å²) < 4.78 is 13.8. The monoisotopic (exact) mass is 381 g/mol. The summed E-state index contributed by atoms with van der Waals surface area (Å²) >= 11 is 0. The van der Waals surface area contributed by atoms with E-state index in [1.54, 1.807) is 4.57 Å². The van der Waals surface area contributed by atoms with Gasteiger partial charge in [0.2, 0.25) is 5.95 Å². The molecule has 2 aromatic heterocycles. The molecule has 1 fully saturated rings. The molecule has 144 valence electrons. The summed E-state index contributed by atoms with van der Waals surface area (Å²) in [5.74, 6) is 0.0144. The number of aromatic amines is 1. The van der Waals surface area contributed by atoms with Crippen LogP contribution < -0.4 is 11.3 Å². The van der Waals surface area contributed by atoms with E-state index in [1.807, 2.05) is 0 Å². The van der Waals surface area contributed by atoms with Crippen LogP contribution in [0.15, 0.2) is 11.1 Å². The zero-order chi connectivity index (χ0) is 19.3. The summed E-state index contributed by atoms with van der Waals surface area (Å²) in [6, 6.07) is 0. The third kappa shape index (κ3) is 3.41. The summed E-state index contributed by atoms with van der Waals surface area (Å²) in [4.78, 5) is 22.6. The molecule has 1 aliphatic heterocycles. The van der Waals surface area contributed by atoms with Gasteiger partial charge in [-0.05, 0) is 18.1 Å². The minimum atomic E-state index is -1.93. The molecule has 4 N–H and O–H groups in total. The number of imidazole rings is 1. The van der Waals surface area contributed by atoms with Crippen LogP contribution in [-0.4, -0.2) is 51.8 Å². The van der Waals surface area contributed by atoms with Crippen molar-refractivity contribution in [2.75, 3.05) is 12.3 Å². The van der Waals surface area contributed by atoms with E-state index in [-0.39, 0.29) is 16.5 Å². The van der Waals surface area contributed by atoms with Crippen LogP contribution in [0.2, 0.25) is 18.1 Å². The molecule has 26 heavy (non-hydrogen) atoms. The molecule has 2 aromatic rings. The number of H-pyrrole nitrogens is 1. The average molecular weight is 382 g/mol. The van der Waals surface area contributed by atoms with Crippen LogP contribution in [0, 0.1) is 0 Å². The molecular formula is C16H27N5O4Si. The van der Waals surface area contributed by atoms with Crippen LogP contribution in [-0.2, 0) is 9.16 Å². The first kappa shape index (κ1) is 19.0. The lowest BCUT2D eigenvalue weighted by molar-refractivity contribution is -0.0405. The second-order valence-corrected chi connectivity index (χ2v) is 13.1. The Kier molecular flexibility index (Phi) is 4.72. The van der Waals surface area contributed by atoms with Gasteiger partial charge in [0.05, 0.1) is 19.0 Å². The highest BCUT2D eigenvalue weighted by Gasteiger charge is 2.41. The molecule has 0 bridgehead atoms. The molecule has 0 aliphatic carbocycles. The van der Waals surface area contributed by atoms with Gasteiger partial charge in [-0.25, -0.2) is 4.98 Å². The molecule has 0 radical (unpaired) electrons. The van der Waals surface area contributed by atoms with E-state index in [0.717, 1.165) is 0 Å².